The standard InChI is InChI=1S/C27H31N3O4/c1-5-27(34-6-2)21-13-23-24-19(14-30(23)25(31)20(21)15-33-26(27)32)17(11-12-28-16(3)4)18-9-7-8-10-22(18)29-24/h7-10,13,16,28H,5-6,11-12,14-15H2,1-4H3/t27-/m0/s1. The van der Waals surface area contributed by atoms with Gasteiger partial charge in [-0.25, -0.2) is 9.78 Å². The van der Waals surface area contributed by atoms with E-state index in [2.05, 4.69) is 25.2 Å². The van der Waals surface area contributed by atoms with Gasteiger partial charge in [0, 0.05) is 29.2 Å². The molecule has 0 fully saturated rings. The number of cyclic esters (lactones) is 1. The molecule has 0 bridgehead atoms. The molecular formula is C27H31N3O4. The van der Waals surface area contributed by atoms with Crippen LogP contribution in [0.25, 0.3) is 22.3 Å². The number of pyridine rings is 2. The number of fused-ring (bicyclic) bond motifs is 5. The normalized spacial score (nSPS) is 18.7. The number of rotatable bonds is 7. The van der Waals surface area contributed by atoms with Crippen LogP contribution in [0.2, 0.25) is 0 Å². The maximum atomic E-state index is 13.7. The second kappa shape index (κ2) is 8.64. The van der Waals surface area contributed by atoms with Crippen LogP contribution < -0.4 is 10.9 Å². The zero-order valence-electron chi connectivity index (χ0n) is 20.2. The Kier molecular flexibility index (Phi) is 5.78. The average Bonchev–Trinajstić information content (AvgIpc) is 3.19. The van der Waals surface area contributed by atoms with E-state index < -0.39 is 11.6 Å². The average molecular weight is 462 g/mol. The first-order valence-electron chi connectivity index (χ1n) is 12.1. The Morgan fingerprint density at radius 2 is 2.00 bits per heavy atom. The molecule has 7 nitrogen and oxygen atoms in total. The largest absolute Gasteiger partial charge is 0.458 e. The number of carbonyl (C=O) groups is 1. The highest BCUT2D eigenvalue weighted by molar-refractivity contribution is 5.89. The molecule has 7 heteroatoms. The number of hydrogen-bond donors (Lipinski definition) is 1. The quantitative estimate of drug-likeness (QED) is 0.423. The first-order valence-corrected chi connectivity index (χ1v) is 12.1. The van der Waals surface area contributed by atoms with Gasteiger partial charge in [-0.3, -0.25) is 4.79 Å². The predicted molar refractivity (Wildman–Crippen MR) is 131 cm³/mol. The predicted octanol–water partition coefficient (Wildman–Crippen LogP) is 3.66. The number of ether oxygens (including phenoxy) is 2. The Bertz CT molecular complexity index is 1340. The van der Waals surface area contributed by atoms with Gasteiger partial charge in [0.15, 0.2) is 5.60 Å². The van der Waals surface area contributed by atoms with Crippen LogP contribution in [0.3, 0.4) is 0 Å². The summed E-state index contributed by atoms with van der Waals surface area (Å²) < 4.78 is 13.2. The number of benzene rings is 1. The molecule has 3 aromatic rings. The number of esters is 1. The minimum absolute atomic E-state index is 0.0288. The Morgan fingerprint density at radius 3 is 2.74 bits per heavy atom. The Labute approximate surface area is 199 Å². The van der Waals surface area contributed by atoms with Crippen molar-refractivity contribution in [1.82, 2.24) is 14.9 Å². The summed E-state index contributed by atoms with van der Waals surface area (Å²) in [4.78, 5) is 31.5. The lowest BCUT2D eigenvalue weighted by Crippen LogP contribution is -2.46. The van der Waals surface area contributed by atoms with Crippen LogP contribution >= 0.6 is 0 Å². The van der Waals surface area contributed by atoms with Crippen molar-refractivity contribution in [2.45, 2.75) is 65.3 Å². The lowest BCUT2D eigenvalue weighted by atomic mass is 9.85. The first kappa shape index (κ1) is 22.7. The fourth-order valence-corrected chi connectivity index (χ4v) is 5.36. The lowest BCUT2D eigenvalue weighted by molar-refractivity contribution is -0.180. The number of carbonyl (C=O) groups excluding carboxylic acids is 1. The van der Waals surface area contributed by atoms with Crippen molar-refractivity contribution in [2.24, 2.45) is 0 Å². The second-order valence-corrected chi connectivity index (χ2v) is 9.30. The number of aromatic nitrogens is 2. The Morgan fingerprint density at radius 1 is 1.21 bits per heavy atom. The molecule has 4 heterocycles. The van der Waals surface area contributed by atoms with Crippen LogP contribution in [0.4, 0.5) is 0 Å². The number of nitrogens with zero attached hydrogens (tertiary/aromatic N) is 2. The molecule has 0 saturated carbocycles. The van der Waals surface area contributed by atoms with E-state index in [0.29, 0.717) is 36.7 Å². The molecule has 1 atom stereocenters. The van der Waals surface area contributed by atoms with Crippen molar-refractivity contribution < 1.29 is 14.3 Å². The van der Waals surface area contributed by atoms with Crippen molar-refractivity contribution in [3.05, 3.63) is 62.9 Å². The highest BCUT2D eigenvalue weighted by Crippen LogP contribution is 2.41. The molecule has 34 heavy (non-hydrogen) atoms. The van der Waals surface area contributed by atoms with Gasteiger partial charge >= 0.3 is 5.97 Å². The third-order valence-electron chi connectivity index (χ3n) is 7.00. The van der Waals surface area contributed by atoms with E-state index in [9.17, 15) is 9.59 Å². The van der Waals surface area contributed by atoms with E-state index in [1.807, 2.05) is 38.1 Å². The molecule has 0 saturated heterocycles. The third kappa shape index (κ3) is 3.37. The summed E-state index contributed by atoms with van der Waals surface area (Å²) in [6.07, 6.45) is 1.23. The van der Waals surface area contributed by atoms with Gasteiger partial charge in [0.05, 0.1) is 29.0 Å². The summed E-state index contributed by atoms with van der Waals surface area (Å²) in [5.74, 6) is -0.432. The molecule has 2 aliphatic heterocycles. The maximum absolute atomic E-state index is 13.7. The molecule has 178 valence electrons. The van der Waals surface area contributed by atoms with Gasteiger partial charge in [-0.2, -0.15) is 0 Å². The summed E-state index contributed by atoms with van der Waals surface area (Å²) in [7, 11) is 0. The van der Waals surface area contributed by atoms with E-state index in [0.717, 1.165) is 40.8 Å². The topological polar surface area (TPSA) is 82.5 Å². The van der Waals surface area contributed by atoms with Crippen LogP contribution in [0.15, 0.2) is 35.1 Å². The zero-order chi connectivity index (χ0) is 24.0. The van der Waals surface area contributed by atoms with E-state index in [-0.39, 0.29) is 12.2 Å². The van der Waals surface area contributed by atoms with Crippen molar-refractivity contribution >= 4 is 16.9 Å². The summed E-state index contributed by atoms with van der Waals surface area (Å²) >= 11 is 0. The maximum Gasteiger partial charge on any atom is 0.343 e. The summed E-state index contributed by atoms with van der Waals surface area (Å²) in [5, 5.41) is 4.62. The summed E-state index contributed by atoms with van der Waals surface area (Å²) in [6.45, 7) is 9.62. The fraction of sp³-hybridized carbons (Fsp3) is 0.444. The van der Waals surface area contributed by atoms with Gasteiger partial charge in [0.25, 0.3) is 5.56 Å². The van der Waals surface area contributed by atoms with Crippen molar-refractivity contribution in [3.8, 4) is 11.4 Å². The van der Waals surface area contributed by atoms with E-state index in [1.54, 1.807) is 4.57 Å². The second-order valence-electron chi connectivity index (χ2n) is 9.30. The molecule has 1 N–H and O–H groups in total. The Hall–Kier alpha value is -3.03. The minimum Gasteiger partial charge on any atom is -0.458 e. The number of para-hydroxylation sites is 1. The third-order valence-corrected chi connectivity index (χ3v) is 7.00. The SMILES string of the molecule is CCO[C@]1(CC)C(=O)OCc2c1cc1n(c2=O)Cc2c-1nc1ccccc1c2CCNC(C)C. The zero-order valence-corrected chi connectivity index (χ0v) is 20.2. The first-order chi connectivity index (χ1) is 16.4. The van der Waals surface area contributed by atoms with Crippen molar-refractivity contribution in [2.75, 3.05) is 13.2 Å². The molecule has 0 amide bonds. The van der Waals surface area contributed by atoms with Crippen LogP contribution in [0.5, 0.6) is 0 Å². The lowest BCUT2D eigenvalue weighted by Gasteiger charge is -2.35. The van der Waals surface area contributed by atoms with Gasteiger partial charge in [0.2, 0.25) is 0 Å². The van der Waals surface area contributed by atoms with Crippen LogP contribution in [0.1, 0.15) is 56.4 Å². The van der Waals surface area contributed by atoms with Crippen LogP contribution in [-0.4, -0.2) is 34.7 Å². The molecule has 5 rings (SSSR count). The van der Waals surface area contributed by atoms with Gasteiger partial charge in [-0.15, -0.1) is 0 Å². The van der Waals surface area contributed by atoms with E-state index >= 15 is 0 Å². The molecule has 0 radical (unpaired) electrons. The van der Waals surface area contributed by atoms with E-state index in [4.69, 9.17) is 14.5 Å². The Balaban J connectivity index is 1.72. The molecule has 1 aromatic carbocycles. The summed E-state index contributed by atoms with van der Waals surface area (Å²) in [5.41, 5.74) is 4.49. The van der Waals surface area contributed by atoms with Crippen LogP contribution in [-0.2, 0) is 39.4 Å². The van der Waals surface area contributed by atoms with E-state index in [1.165, 1.54) is 5.56 Å². The molecular weight excluding hydrogens is 430 g/mol. The molecule has 0 aliphatic carbocycles. The number of nitrogens with one attached hydrogen (secondary N) is 1. The molecule has 2 aliphatic rings. The highest BCUT2D eigenvalue weighted by Gasteiger charge is 2.48. The van der Waals surface area contributed by atoms with Gasteiger partial charge < -0.3 is 19.4 Å². The van der Waals surface area contributed by atoms with Crippen molar-refractivity contribution in [1.29, 1.82) is 0 Å². The summed E-state index contributed by atoms with van der Waals surface area (Å²) in [6, 6.07) is 10.5. The molecule has 2 aromatic heterocycles. The smallest absolute Gasteiger partial charge is 0.343 e. The fourth-order valence-electron chi connectivity index (χ4n) is 5.36. The van der Waals surface area contributed by atoms with Crippen LogP contribution in [0, 0.1) is 0 Å². The van der Waals surface area contributed by atoms with Crippen molar-refractivity contribution in [3.63, 3.8) is 0 Å². The molecule has 0 unspecified atom stereocenters. The van der Waals surface area contributed by atoms with Gasteiger partial charge in [-0.1, -0.05) is 39.0 Å². The highest BCUT2D eigenvalue weighted by atomic mass is 16.6. The van der Waals surface area contributed by atoms with Gasteiger partial charge in [-0.05, 0) is 44.0 Å². The monoisotopic (exact) mass is 461 g/mol. The minimum atomic E-state index is -1.26. The van der Waals surface area contributed by atoms with Gasteiger partial charge in [0.1, 0.15) is 6.61 Å². The number of hydrogen-bond acceptors (Lipinski definition) is 6. The molecule has 0 spiro atoms.